The normalized spacial score (nSPS) is 12.8. The van der Waals surface area contributed by atoms with Gasteiger partial charge in [0.2, 0.25) is 0 Å². The van der Waals surface area contributed by atoms with Gasteiger partial charge in [0.05, 0.1) is 11.4 Å². The van der Waals surface area contributed by atoms with Gasteiger partial charge in [-0.1, -0.05) is 6.07 Å². The third kappa shape index (κ3) is 4.10. The highest BCUT2D eigenvalue weighted by Crippen LogP contribution is 2.31. The van der Waals surface area contributed by atoms with Crippen LogP contribution in [0.15, 0.2) is 35.4 Å². The lowest BCUT2D eigenvalue weighted by molar-refractivity contribution is 0.505. The van der Waals surface area contributed by atoms with Gasteiger partial charge in [-0.3, -0.25) is 0 Å². The van der Waals surface area contributed by atoms with Gasteiger partial charge in [-0.05, 0) is 43.7 Å². The zero-order chi connectivity index (χ0) is 21.5. The van der Waals surface area contributed by atoms with E-state index in [-0.39, 0.29) is 27.8 Å². The van der Waals surface area contributed by atoms with E-state index in [0.29, 0.717) is 5.82 Å². The first-order chi connectivity index (χ1) is 13.5. The minimum absolute atomic E-state index is 0.115. The highest BCUT2D eigenvalue weighted by molar-refractivity contribution is 7.89. The van der Waals surface area contributed by atoms with Gasteiger partial charge in [-0.25, -0.2) is 36.7 Å². The zero-order valence-corrected chi connectivity index (χ0v) is 16.6. The number of nitrogens with two attached hydrogens (primary N) is 1. The molecule has 0 aliphatic rings. The number of nitrogens with one attached hydrogen (secondary N) is 1. The maximum Gasteiger partial charge on any atom is 0.257 e. The molecule has 0 saturated heterocycles. The van der Waals surface area contributed by atoms with Gasteiger partial charge in [-0.2, -0.15) is 0 Å². The van der Waals surface area contributed by atoms with Gasteiger partial charge in [0.1, 0.15) is 23.5 Å². The van der Waals surface area contributed by atoms with E-state index in [1.54, 1.807) is 7.05 Å². The number of hydrogen-bond donors (Lipinski definition) is 2. The number of sulfonamides is 1. The average molecular weight is 425 g/mol. The third-order valence-electron chi connectivity index (χ3n) is 4.40. The van der Waals surface area contributed by atoms with Crippen LogP contribution in [-0.4, -0.2) is 30.4 Å². The van der Waals surface area contributed by atoms with Crippen LogP contribution in [0.2, 0.25) is 0 Å². The summed E-state index contributed by atoms with van der Waals surface area (Å²) in [5.74, 6) is -2.20. The number of aromatic nitrogens is 3. The van der Waals surface area contributed by atoms with Gasteiger partial charge in [0.25, 0.3) is 10.0 Å². The molecule has 1 unspecified atom stereocenters. The van der Waals surface area contributed by atoms with Gasteiger partial charge < -0.3 is 9.88 Å². The second-order valence-electron chi connectivity index (χ2n) is 6.52. The Labute approximate surface area is 165 Å². The molecule has 11 heteroatoms. The van der Waals surface area contributed by atoms with Crippen LogP contribution in [0.25, 0.3) is 0 Å². The lowest BCUT2D eigenvalue weighted by Crippen LogP contribution is -2.27. The third-order valence-corrected chi connectivity index (χ3v) is 5.34. The summed E-state index contributed by atoms with van der Waals surface area (Å²) in [5.41, 5.74) is 0.593. The van der Waals surface area contributed by atoms with E-state index in [1.165, 1.54) is 36.9 Å². The molecular weight excluding hydrogens is 407 g/mol. The molecule has 0 bridgehead atoms. The Morgan fingerprint density at radius 2 is 1.69 bits per heavy atom. The van der Waals surface area contributed by atoms with Crippen molar-refractivity contribution in [1.82, 2.24) is 15.0 Å². The molecule has 3 aromatic rings. The van der Waals surface area contributed by atoms with Crippen LogP contribution in [0.4, 0.5) is 19.0 Å². The molecule has 3 rings (SSSR count). The van der Waals surface area contributed by atoms with Gasteiger partial charge in [0.15, 0.2) is 16.7 Å². The van der Waals surface area contributed by atoms with E-state index in [1.807, 2.05) is 0 Å². The Morgan fingerprint density at radius 1 is 1.03 bits per heavy atom. The van der Waals surface area contributed by atoms with Crippen molar-refractivity contribution < 1.29 is 21.6 Å². The summed E-state index contributed by atoms with van der Waals surface area (Å²) in [6.45, 7) is 2.95. The Kier molecular flexibility index (Phi) is 5.37. The minimum Gasteiger partial charge on any atom is -0.345 e. The average Bonchev–Trinajstić information content (AvgIpc) is 3.02. The van der Waals surface area contributed by atoms with E-state index in [9.17, 15) is 21.6 Å². The molecule has 0 spiro atoms. The second-order valence-corrected chi connectivity index (χ2v) is 8.00. The molecular formula is C18H18F3N5O2S. The number of hydrogen-bond acceptors (Lipinski definition) is 5. The Hall–Kier alpha value is -2.92. The van der Waals surface area contributed by atoms with Crippen molar-refractivity contribution >= 4 is 15.8 Å². The van der Waals surface area contributed by atoms with Crippen molar-refractivity contribution in [2.75, 3.05) is 11.9 Å². The smallest absolute Gasteiger partial charge is 0.257 e. The predicted molar refractivity (Wildman–Crippen MR) is 100 cm³/mol. The van der Waals surface area contributed by atoms with Crippen molar-refractivity contribution in [2.45, 2.75) is 24.9 Å². The molecule has 1 atom stereocenters. The second kappa shape index (κ2) is 7.48. The van der Waals surface area contributed by atoms with Crippen LogP contribution in [0.3, 0.4) is 0 Å². The number of pyridine rings is 1. The maximum absolute atomic E-state index is 13.9. The Bertz CT molecular complexity index is 1180. The van der Waals surface area contributed by atoms with E-state index in [2.05, 4.69) is 15.0 Å². The number of nitrogens with zero attached hydrogens (tertiary/aromatic N) is 3. The molecule has 0 aliphatic carbocycles. The lowest BCUT2D eigenvalue weighted by Gasteiger charge is -2.28. The summed E-state index contributed by atoms with van der Waals surface area (Å²) < 4.78 is 64.5. The molecule has 0 fully saturated rings. The summed E-state index contributed by atoms with van der Waals surface area (Å²) >= 11 is 0. The largest absolute Gasteiger partial charge is 0.345 e. The van der Waals surface area contributed by atoms with E-state index in [0.717, 1.165) is 12.1 Å². The zero-order valence-electron chi connectivity index (χ0n) is 15.7. The number of aromatic amines is 1. The highest BCUT2D eigenvalue weighted by atomic mass is 32.2. The van der Waals surface area contributed by atoms with Crippen molar-refractivity contribution in [3.8, 4) is 0 Å². The van der Waals surface area contributed by atoms with Gasteiger partial charge in [0, 0.05) is 7.05 Å². The lowest BCUT2D eigenvalue weighted by atomic mass is 10.0. The van der Waals surface area contributed by atoms with Crippen LogP contribution in [-0.2, 0) is 10.0 Å². The molecule has 7 nitrogen and oxygen atoms in total. The summed E-state index contributed by atoms with van der Waals surface area (Å²) in [6, 6.07) is 5.00. The van der Waals surface area contributed by atoms with Crippen LogP contribution < -0.4 is 10.0 Å². The number of halogens is 3. The number of benzene rings is 1. The summed E-state index contributed by atoms with van der Waals surface area (Å²) in [6.07, 6.45) is 0. The molecule has 0 radical (unpaired) electrons. The number of anilines is 1. The highest BCUT2D eigenvalue weighted by Gasteiger charge is 2.28. The fourth-order valence-corrected chi connectivity index (χ4v) is 3.68. The Balaban J connectivity index is 2.19. The summed E-state index contributed by atoms with van der Waals surface area (Å²) in [4.78, 5) is 12.6. The fourth-order valence-electron chi connectivity index (χ4n) is 2.98. The quantitative estimate of drug-likeness (QED) is 0.654. The molecule has 3 N–H and O–H groups in total. The van der Waals surface area contributed by atoms with Gasteiger partial charge in [-0.15, -0.1) is 0 Å². The first-order valence-corrected chi connectivity index (χ1v) is 9.94. The topological polar surface area (TPSA) is 105 Å². The van der Waals surface area contributed by atoms with Crippen LogP contribution in [0.5, 0.6) is 0 Å². The van der Waals surface area contributed by atoms with Crippen LogP contribution in [0.1, 0.15) is 28.8 Å². The first kappa shape index (κ1) is 20.8. The fraction of sp³-hybridized carbons (Fsp3) is 0.222. The first-order valence-electron chi connectivity index (χ1n) is 8.39. The molecule has 1 aromatic carbocycles. The standard InChI is InChI=1S/C18H18F3N5O2S/c1-9-12(19)6-7-15(23-9)26(3)16(11-4-5-13(20)14(21)8-11)17-24-10(2)18(25-17)29(22,27)28/h4-8,16H,1-3H3,(H,24,25)(H2,22,27,28). The number of aryl methyl sites for hydroxylation is 2. The Morgan fingerprint density at radius 3 is 2.24 bits per heavy atom. The molecule has 2 aromatic heterocycles. The van der Waals surface area contributed by atoms with E-state index < -0.39 is 33.5 Å². The van der Waals surface area contributed by atoms with Gasteiger partial charge >= 0.3 is 0 Å². The molecule has 29 heavy (non-hydrogen) atoms. The van der Waals surface area contributed by atoms with Crippen LogP contribution in [0, 0.1) is 31.3 Å². The predicted octanol–water partition coefficient (Wildman–Crippen LogP) is 2.71. The summed E-state index contributed by atoms with van der Waals surface area (Å²) in [5, 5.41) is 4.83. The molecule has 0 aliphatic heterocycles. The maximum atomic E-state index is 13.9. The van der Waals surface area contributed by atoms with Crippen molar-refractivity contribution in [3.63, 3.8) is 0 Å². The SMILES string of the molecule is Cc1nc(N(C)C(c2ccc(F)c(F)c2)c2nc(S(N)(=O)=O)c(C)[nH]2)ccc1F. The molecule has 0 amide bonds. The van der Waals surface area contributed by atoms with Crippen molar-refractivity contribution in [3.05, 3.63) is 70.6 Å². The van der Waals surface area contributed by atoms with Crippen LogP contribution >= 0.6 is 0 Å². The van der Waals surface area contributed by atoms with Crippen molar-refractivity contribution in [1.29, 1.82) is 0 Å². The minimum atomic E-state index is -4.11. The number of rotatable bonds is 5. The molecule has 0 saturated carbocycles. The van der Waals surface area contributed by atoms with E-state index >= 15 is 0 Å². The number of imidazole rings is 1. The monoisotopic (exact) mass is 425 g/mol. The molecule has 154 valence electrons. The number of H-pyrrole nitrogens is 1. The summed E-state index contributed by atoms with van der Waals surface area (Å²) in [7, 11) is -2.52. The molecule has 2 heterocycles. The van der Waals surface area contributed by atoms with Crippen molar-refractivity contribution in [2.24, 2.45) is 5.14 Å². The van der Waals surface area contributed by atoms with E-state index in [4.69, 9.17) is 5.14 Å². The number of primary sulfonamides is 1.